The first-order chi connectivity index (χ1) is 9.74. The van der Waals surface area contributed by atoms with Crippen LogP contribution in [0.1, 0.15) is 11.7 Å². The maximum Gasteiger partial charge on any atom is 0.182 e. The molecule has 3 N–H and O–H groups in total. The highest BCUT2D eigenvalue weighted by Crippen LogP contribution is 2.19. The largest absolute Gasteiger partial charge is 0.387 e. The highest BCUT2D eigenvalue weighted by atomic mass is 35.5. The average molecular weight is 290 g/mol. The van der Waals surface area contributed by atoms with Crippen molar-refractivity contribution in [2.75, 3.05) is 11.9 Å². The number of hydrogen-bond acceptors (Lipinski definition) is 5. The molecule has 0 aliphatic rings. The second-order valence-corrected chi connectivity index (χ2v) is 4.71. The van der Waals surface area contributed by atoms with Crippen molar-refractivity contribution in [1.29, 1.82) is 0 Å². The van der Waals surface area contributed by atoms with Crippen LogP contribution in [-0.2, 0) is 0 Å². The highest BCUT2D eigenvalue weighted by Gasteiger charge is 2.10. The van der Waals surface area contributed by atoms with E-state index in [4.69, 9.17) is 11.6 Å². The first-order valence-electron chi connectivity index (χ1n) is 6.05. The number of aliphatic hydroxyl groups excluding tert-OH is 1. The minimum Gasteiger partial charge on any atom is -0.387 e. The zero-order chi connectivity index (χ0) is 13.9. The third kappa shape index (κ3) is 2.56. The molecule has 2 heterocycles. The number of nitrogens with one attached hydrogen (secondary N) is 2. The summed E-state index contributed by atoms with van der Waals surface area (Å²) in [6.07, 6.45) is 2.33. The molecule has 0 spiro atoms. The molecule has 1 aromatic carbocycles. The van der Waals surface area contributed by atoms with Crippen molar-refractivity contribution in [2.45, 2.75) is 6.10 Å². The molecule has 0 amide bonds. The maximum atomic E-state index is 10.1. The van der Waals surface area contributed by atoms with E-state index in [1.165, 1.54) is 6.33 Å². The van der Waals surface area contributed by atoms with E-state index in [2.05, 4.69) is 25.3 Å². The van der Waals surface area contributed by atoms with E-state index in [1.807, 2.05) is 0 Å². The number of aromatic nitrogens is 4. The number of imidazole rings is 1. The number of benzene rings is 1. The minimum absolute atomic E-state index is 0.326. The van der Waals surface area contributed by atoms with Gasteiger partial charge >= 0.3 is 0 Å². The summed E-state index contributed by atoms with van der Waals surface area (Å²) in [4.78, 5) is 15.2. The van der Waals surface area contributed by atoms with Gasteiger partial charge in [-0.3, -0.25) is 0 Å². The van der Waals surface area contributed by atoms with E-state index in [-0.39, 0.29) is 0 Å². The van der Waals surface area contributed by atoms with Gasteiger partial charge in [-0.05, 0) is 17.7 Å². The average Bonchev–Trinajstić information content (AvgIpc) is 2.94. The van der Waals surface area contributed by atoms with E-state index in [0.29, 0.717) is 23.0 Å². The monoisotopic (exact) mass is 289 g/mol. The Kier molecular flexibility index (Phi) is 3.49. The Labute approximate surface area is 119 Å². The molecule has 6 nitrogen and oxygen atoms in total. The minimum atomic E-state index is -0.653. The first kappa shape index (κ1) is 12.8. The fourth-order valence-electron chi connectivity index (χ4n) is 1.90. The summed E-state index contributed by atoms with van der Waals surface area (Å²) in [5, 5.41) is 13.8. The van der Waals surface area contributed by atoms with Crippen LogP contribution in [0.4, 0.5) is 5.82 Å². The topological polar surface area (TPSA) is 86.7 Å². The van der Waals surface area contributed by atoms with Crippen molar-refractivity contribution in [3.63, 3.8) is 0 Å². The Morgan fingerprint density at radius 3 is 2.80 bits per heavy atom. The number of aromatic amines is 1. The predicted molar refractivity (Wildman–Crippen MR) is 76.6 cm³/mol. The first-order valence-corrected chi connectivity index (χ1v) is 6.43. The van der Waals surface area contributed by atoms with Crippen LogP contribution in [0.15, 0.2) is 36.9 Å². The molecule has 20 heavy (non-hydrogen) atoms. The molecule has 0 bridgehead atoms. The highest BCUT2D eigenvalue weighted by molar-refractivity contribution is 6.30. The Hall–Kier alpha value is -2.18. The van der Waals surface area contributed by atoms with Gasteiger partial charge in [0, 0.05) is 11.6 Å². The van der Waals surface area contributed by atoms with Crippen LogP contribution in [0.3, 0.4) is 0 Å². The number of H-pyrrole nitrogens is 1. The number of fused-ring (bicyclic) bond motifs is 1. The Balaban J connectivity index is 1.73. The van der Waals surface area contributed by atoms with Gasteiger partial charge in [0.15, 0.2) is 11.5 Å². The number of halogens is 1. The van der Waals surface area contributed by atoms with Gasteiger partial charge in [-0.15, -0.1) is 0 Å². The quantitative estimate of drug-likeness (QED) is 0.685. The standard InChI is InChI=1S/C13H12ClN5O/c14-9-3-1-8(2-4-9)10(20)5-15-12-11-13(17-6-16-11)19-7-18-12/h1-4,6-7,10,20H,5H2,(H2,15,16,17,18,19)/t10-/m1/s1. The Morgan fingerprint density at radius 1 is 1.20 bits per heavy atom. The lowest BCUT2D eigenvalue weighted by Crippen LogP contribution is -2.13. The van der Waals surface area contributed by atoms with Crippen LogP contribution in [0.2, 0.25) is 5.02 Å². The number of anilines is 1. The molecule has 0 aliphatic carbocycles. The van der Waals surface area contributed by atoms with Gasteiger partial charge in [-0.1, -0.05) is 23.7 Å². The normalized spacial score (nSPS) is 12.5. The zero-order valence-corrected chi connectivity index (χ0v) is 11.2. The second kappa shape index (κ2) is 5.44. The predicted octanol–water partition coefficient (Wildman–Crippen LogP) is 2.15. The molecule has 7 heteroatoms. The summed E-state index contributed by atoms with van der Waals surface area (Å²) in [6.45, 7) is 0.326. The van der Waals surface area contributed by atoms with Gasteiger partial charge in [0.1, 0.15) is 11.8 Å². The molecule has 0 radical (unpaired) electrons. The molecule has 0 saturated carbocycles. The Morgan fingerprint density at radius 2 is 2.00 bits per heavy atom. The molecule has 2 aromatic heterocycles. The Bertz CT molecular complexity index is 712. The van der Waals surface area contributed by atoms with E-state index in [1.54, 1.807) is 30.6 Å². The van der Waals surface area contributed by atoms with Crippen molar-refractivity contribution in [1.82, 2.24) is 19.9 Å². The summed E-state index contributed by atoms with van der Waals surface area (Å²) < 4.78 is 0. The van der Waals surface area contributed by atoms with Gasteiger partial charge < -0.3 is 15.4 Å². The van der Waals surface area contributed by atoms with Crippen LogP contribution < -0.4 is 5.32 Å². The van der Waals surface area contributed by atoms with Gasteiger partial charge in [0.05, 0.1) is 12.4 Å². The lowest BCUT2D eigenvalue weighted by Gasteiger charge is -2.12. The van der Waals surface area contributed by atoms with Crippen molar-refractivity contribution >= 4 is 28.6 Å². The van der Waals surface area contributed by atoms with Crippen LogP contribution >= 0.6 is 11.6 Å². The van der Waals surface area contributed by atoms with Crippen LogP contribution in [0.5, 0.6) is 0 Å². The molecular formula is C13H12ClN5O. The lowest BCUT2D eigenvalue weighted by atomic mass is 10.1. The fraction of sp³-hybridized carbons (Fsp3) is 0.154. The van der Waals surface area contributed by atoms with Gasteiger partial charge in [-0.2, -0.15) is 0 Å². The number of hydrogen-bond donors (Lipinski definition) is 3. The number of nitrogens with zero attached hydrogens (tertiary/aromatic N) is 3. The number of aliphatic hydroxyl groups is 1. The molecule has 0 unspecified atom stereocenters. The molecular weight excluding hydrogens is 278 g/mol. The lowest BCUT2D eigenvalue weighted by molar-refractivity contribution is 0.191. The van der Waals surface area contributed by atoms with Crippen molar-refractivity contribution in [3.05, 3.63) is 47.5 Å². The molecule has 0 aliphatic heterocycles. The summed E-state index contributed by atoms with van der Waals surface area (Å²) >= 11 is 5.82. The molecule has 102 valence electrons. The van der Waals surface area contributed by atoms with E-state index in [0.717, 1.165) is 11.1 Å². The molecule has 0 saturated heterocycles. The van der Waals surface area contributed by atoms with Gasteiger partial charge in [0.25, 0.3) is 0 Å². The van der Waals surface area contributed by atoms with E-state index >= 15 is 0 Å². The summed E-state index contributed by atoms with van der Waals surface area (Å²) in [5.41, 5.74) is 2.09. The zero-order valence-electron chi connectivity index (χ0n) is 10.4. The summed E-state index contributed by atoms with van der Waals surface area (Å²) in [6, 6.07) is 7.08. The van der Waals surface area contributed by atoms with Crippen molar-refractivity contribution in [3.8, 4) is 0 Å². The van der Waals surface area contributed by atoms with Gasteiger partial charge in [0.2, 0.25) is 0 Å². The molecule has 3 rings (SSSR count). The number of rotatable bonds is 4. The summed E-state index contributed by atoms with van der Waals surface area (Å²) in [7, 11) is 0. The van der Waals surface area contributed by atoms with E-state index < -0.39 is 6.10 Å². The van der Waals surface area contributed by atoms with Gasteiger partial charge in [-0.25, -0.2) is 15.0 Å². The summed E-state index contributed by atoms with van der Waals surface area (Å²) in [5.74, 6) is 0.612. The molecule has 1 atom stereocenters. The second-order valence-electron chi connectivity index (χ2n) is 4.27. The third-order valence-corrected chi connectivity index (χ3v) is 3.19. The van der Waals surface area contributed by atoms with Crippen molar-refractivity contribution < 1.29 is 5.11 Å². The SMILES string of the molecule is O[C@H](CNc1ncnc2nc[nH]c12)c1ccc(Cl)cc1. The maximum absolute atomic E-state index is 10.1. The molecule has 3 aromatic rings. The van der Waals surface area contributed by atoms with Crippen LogP contribution in [0, 0.1) is 0 Å². The van der Waals surface area contributed by atoms with Crippen LogP contribution in [-0.4, -0.2) is 31.6 Å². The van der Waals surface area contributed by atoms with Crippen molar-refractivity contribution in [2.24, 2.45) is 0 Å². The van der Waals surface area contributed by atoms with Crippen LogP contribution in [0.25, 0.3) is 11.2 Å². The molecule has 0 fully saturated rings. The third-order valence-electron chi connectivity index (χ3n) is 2.94. The fourth-order valence-corrected chi connectivity index (χ4v) is 2.02. The smallest absolute Gasteiger partial charge is 0.182 e. The van der Waals surface area contributed by atoms with E-state index in [9.17, 15) is 5.11 Å².